The van der Waals surface area contributed by atoms with Crippen molar-refractivity contribution < 1.29 is 4.79 Å². The number of nitrogens with zero attached hydrogens (tertiary/aromatic N) is 4. The highest BCUT2D eigenvalue weighted by Crippen LogP contribution is 2.42. The van der Waals surface area contributed by atoms with Gasteiger partial charge in [0.05, 0.1) is 5.41 Å². The van der Waals surface area contributed by atoms with Gasteiger partial charge in [0.15, 0.2) is 0 Å². The highest BCUT2D eigenvalue weighted by Gasteiger charge is 2.49. The van der Waals surface area contributed by atoms with Crippen molar-refractivity contribution in [1.29, 1.82) is 0 Å². The topological polar surface area (TPSA) is 49.3 Å². The predicted octanol–water partition coefficient (Wildman–Crippen LogP) is 2.50. The van der Waals surface area contributed by atoms with Crippen LogP contribution in [0.1, 0.15) is 19.3 Å². The second-order valence-corrected chi connectivity index (χ2v) is 6.40. The molecule has 23 heavy (non-hydrogen) atoms. The molecule has 0 N–H and O–H groups in total. The molecule has 1 amide bonds. The summed E-state index contributed by atoms with van der Waals surface area (Å²) in [5, 5.41) is 0. The van der Waals surface area contributed by atoms with Gasteiger partial charge in [-0.3, -0.25) is 4.79 Å². The molecule has 2 saturated heterocycles. The Kier molecular flexibility index (Phi) is 3.48. The molecule has 0 aliphatic carbocycles. The number of hydrogen-bond donors (Lipinski definition) is 0. The third-order valence-electron chi connectivity index (χ3n) is 4.99. The maximum Gasteiger partial charge on any atom is 0.235 e. The standard InChI is InChI=1S/C18H20N4O/c23-16-18(9-13-22(16)15-6-2-1-3-7-15)8-4-12-21(14-18)17-19-10-5-11-20-17/h1-3,5-7,10-11H,4,8-9,12-14H2. The number of benzene rings is 1. The Bertz CT molecular complexity index is 691. The third kappa shape index (κ3) is 2.46. The number of carbonyl (C=O) groups is 1. The molecule has 1 spiro atoms. The number of hydrogen-bond acceptors (Lipinski definition) is 4. The summed E-state index contributed by atoms with van der Waals surface area (Å²) < 4.78 is 0. The molecule has 2 aliphatic heterocycles. The van der Waals surface area contributed by atoms with E-state index in [4.69, 9.17) is 0 Å². The first-order chi connectivity index (χ1) is 11.3. The van der Waals surface area contributed by atoms with E-state index in [1.807, 2.05) is 41.3 Å². The Hall–Kier alpha value is -2.43. The normalized spacial score (nSPS) is 24.4. The lowest BCUT2D eigenvalue weighted by atomic mass is 9.78. The second kappa shape index (κ2) is 5.65. The van der Waals surface area contributed by atoms with Crippen LogP contribution < -0.4 is 9.80 Å². The Labute approximate surface area is 136 Å². The van der Waals surface area contributed by atoms with Crippen LogP contribution in [0.2, 0.25) is 0 Å². The van der Waals surface area contributed by atoms with Gasteiger partial charge in [0.1, 0.15) is 0 Å². The maximum absolute atomic E-state index is 13.1. The highest BCUT2D eigenvalue weighted by atomic mass is 16.2. The van der Waals surface area contributed by atoms with Crippen molar-refractivity contribution in [2.24, 2.45) is 5.41 Å². The molecule has 0 saturated carbocycles. The van der Waals surface area contributed by atoms with Gasteiger partial charge in [0, 0.05) is 37.7 Å². The van der Waals surface area contributed by atoms with Crippen molar-refractivity contribution in [3.05, 3.63) is 48.8 Å². The van der Waals surface area contributed by atoms with E-state index in [2.05, 4.69) is 14.9 Å². The first-order valence-corrected chi connectivity index (χ1v) is 8.18. The minimum atomic E-state index is -0.284. The van der Waals surface area contributed by atoms with Gasteiger partial charge < -0.3 is 9.80 Å². The van der Waals surface area contributed by atoms with E-state index >= 15 is 0 Å². The molecule has 2 fully saturated rings. The number of anilines is 2. The van der Waals surface area contributed by atoms with Crippen LogP contribution in [0.3, 0.4) is 0 Å². The lowest BCUT2D eigenvalue weighted by Crippen LogP contribution is -2.48. The van der Waals surface area contributed by atoms with Crippen molar-refractivity contribution in [3.8, 4) is 0 Å². The Morgan fingerprint density at radius 1 is 0.957 bits per heavy atom. The molecule has 1 aromatic heterocycles. The Morgan fingerprint density at radius 2 is 1.74 bits per heavy atom. The average Bonchev–Trinajstić information content (AvgIpc) is 2.93. The van der Waals surface area contributed by atoms with Gasteiger partial charge in [-0.1, -0.05) is 18.2 Å². The zero-order valence-corrected chi connectivity index (χ0v) is 13.1. The number of aromatic nitrogens is 2. The van der Waals surface area contributed by atoms with Crippen LogP contribution in [0.25, 0.3) is 0 Å². The summed E-state index contributed by atoms with van der Waals surface area (Å²) in [6.07, 6.45) is 6.39. The van der Waals surface area contributed by atoms with Crippen LogP contribution in [0.15, 0.2) is 48.8 Å². The summed E-state index contributed by atoms with van der Waals surface area (Å²) in [5.74, 6) is 0.988. The molecular formula is C18H20N4O. The molecule has 1 unspecified atom stereocenters. The van der Waals surface area contributed by atoms with Crippen molar-refractivity contribution in [2.75, 3.05) is 29.4 Å². The van der Waals surface area contributed by atoms with E-state index in [9.17, 15) is 4.79 Å². The molecule has 0 bridgehead atoms. The highest BCUT2D eigenvalue weighted by molar-refractivity contribution is 6.00. The fraction of sp³-hybridized carbons (Fsp3) is 0.389. The summed E-state index contributed by atoms with van der Waals surface area (Å²) in [4.78, 5) is 25.9. The summed E-state index contributed by atoms with van der Waals surface area (Å²) in [7, 11) is 0. The van der Waals surface area contributed by atoms with Gasteiger partial charge in [-0.05, 0) is 37.5 Å². The summed E-state index contributed by atoms with van der Waals surface area (Å²) in [5.41, 5.74) is 0.718. The van der Waals surface area contributed by atoms with Gasteiger partial charge in [0.2, 0.25) is 11.9 Å². The quantitative estimate of drug-likeness (QED) is 0.855. The molecule has 0 radical (unpaired) electrons. The number of para-hydroxylation sites is 1. The minimum Gasteiger partial charge on any atom is -0.340 e. The smallest absolute Gasteiger partial charge is 0.235 e. The van der Waals surface area contributed by atoms with Gasteiger partial charge >= 0.3 is 0 Å². The molecule has 1 atom stereocenters. The van der Waals surface area contributed by atoms with Crippen molar-refractivity contribution >= 4 is 17.5 Å². The van der Waals surface area contributed by atoms with Crippen molar-refractivity contribution in [1.82, 2.24) is 9.97 Å². The van der Waals surface area contributed by atoms with E-state index < -0.39 is 0 Å². The minimum absolute atomic E-state index is 0.254. The second-order valence-electron chi connectivity index (χ2n) is 6.40. The zero-order chi connectivity index (χ0) is 15.7. The van der Waals surface area contributed by atoms with E-state index in [0.717, 1.165) is 50.5 Å². The predicted molar refractivity (Wildman–Crippen MR) is 89.3 cm³/mol. The van der Waals surface area contributed by atoms with Crippen molar-refractivity contribution in [3.63, 3.8) is 0 Å². The van der Waals surface area contributed by atoms with E-state index in [1.54, 1.807) is 12.4 Å². The third-order valence-corrected chi connectivity index (χ3v) is 4.99. The van der Waals surface area contributed by atoms with Crippen LogP contribution in [-0.2, 0) is 4.79 Å². The molecule has 2 aromatic rings. The van der Waals surface area contributed by atoms with E-state index in [0.29, 0.717) is 0 Å². The number of carbonyl (C=O) groups excluding carboxylic acids is 1. The lowest BCUT2D eigenvalue weighted by molar-refractivity contribution is -0.126. The number of piperidine rings is 1. The maximum atomic E-state index is 13.1. The fourth-order valence-corrected chi connectivity index (χ4v) is 3.81. The molecule has 5 heteroatoms. The van der Waals surface area contributed by atoms with Crippen LogP contribution in [0.4, 0.5) is 11.6 Å². The van der Waals surface area contributed by atoms with Crippen molar-refractivity contribution in [2.45, 2.75) is 19.3 Å². The largest absolute Gasteiger partial charge is 0.340 e. The van der Waals surface area contributed by atoms with E-state index in [-0.39, 0.29) is 11.3 Å². The summed E-state index contributed by atoms with van der Waals surface area (Å²) in [6, 6.07) is 11.8. The first kappa shape index (κ1) is 14.2. The lowest BCUT2D eigenvalue weighted by Gasteiger charge is -2.39. The molecule has 2 aliphatic rings. The first-order valence-electron chi connectivity index (χ1n) is 8.18. The molecular weight excluding hydrogens is 288 g/mol. The fourth-order valence-electron chi connectivity index (χ4n) is 3.81. The average molecular weight is 308 g/mol. The summed E-state index contributed by atoms with van der Waals surface area (Å²) in [6.45, 7) is 2.44. The van der Waals surface area contributed by atoms with Crippen LogP contribution in [-0.4, -0.2) is 35.5 Å². The molecule has 1 aromatic carbocycles. The summed E-state index contributed by atoms with van der Waals surface area (Å²) >= 11 is 0. The van der Waals surface area contributed by atoms with Gasteiger partial charge in [-0.2, -0.15) is 0 Å². The van der Waals surface area contributed by atoms with Gasteiger partial charge in [0.25, 0.3) is 0 Å². The molecule has 5 nitrogen and oxygen atoms in total. The number of rotatable bonds is 2. The zero-order valence-electron chi connectivity index (χ0n) is 13.1. The van der Waals surface area contributed by atoms with Gasteiger partial charge in [-0.15, -0.1) is 0 Å². The monoisotopic (exact) mass is 308 g/mol. The van der Waals surface area contributed by atoms with Crippen LogP contribution in [0, 0.1) is 5.41 Å². The van der Waals surface area contributed by atoms with Crippen LogP contribution >= 0.6 is 0 Å². The SMILES string of the molecule is O=C1N(c2ccccc2)CCC12CCCN(c1ncccn1)C2. The molecule has 118 valence electrons. The Balaban J connectivity index is 1.58. The molecule has 4 rings (SSSR count). The number of amides is 1. The molecule has 3 heterocycles. The van der Waals surface area contributed by atoms with Crippen LogP contribution in [0.5, 0.6) is 0 Å². The van der Waals surface area contributed by atoms with Gasteiger partial charge in [-0.25, -0.2) is 9.97 Å². The Morgan fingerprint density at radius 3 is 2.52 bits per heavy atom. The van der Waals surface area contributed by atoms with E-state index in [1.165, 1.54) is 0 Å².